The number of rotatable bonds is 10. The van der Waals surface area contributed by atoms with Crippen LogP contribution in [-0.4, -0.2) is 49.4 Å². The van der Waals surface area contributed by atoms with Gasteiger partial charge in [0.05, 0.1) is 5.92 Å². The van der Waals surface area contributed by atoms with Gasteiger partial charge in [0.25, 0.3) is 0 Å². The molecule has 0 N–H and O–H groups in total. The highest BCUT2D eigenvalue weighted by molar-refractivity contribution is 5.78. The first-order chi connectivity index (χ1) is 10.1. The number of likely N-dealkylation sites (tertiary alicyclic amines) is 1. The van der Waals surface area contributed by atoms with Crippen LogP contribution in [-0.2, 0) is 4.79 Å². The molecular formula is C18H36N2O. The zero-order valence-corrected chi connectivity index (χ0v) is 14.6. The first kappa shape index (κ1) is 18.5. The van der Waals surface area contributed by atoms with E-state index in [9.17, 15) is 4.79 Å². The van der Waals surface area contributed by atoms with Gasteiger partial charge in [-0.1, -0.05) is 51.9 Å². The lowest BCUT2D eigenvalue weighted by Crippen LogP contribution is -2.42. The summed E-state index contributed by atoms with van der Waals surface area (Å²) in [5, 5.41) is 0. The van der Waals surface area contributed by atoms with Crippen molar-refractivity contribution in [3.05, 3.63) is 0 Å². The molecule has 0 unspecified atom stereocenters. The number of carbonyl (C=O) groups is 1. The first-order valence-electron chi connectivity index (χ1n) is 9.08. The van der Waals surface area contributed by atoms with E-state index in [-0.39, 0.29) is 5.92 Å². The van der Waals surface area contributed by atoms with E-state index in [2.05, 4.69) is 11.8 Å². The molecule has 1 rings (SSSR count). The Morgan fingerprint density at radius 2 is 1.67 bits per heavy atom. The zero-order chi connectivity index (χ0) is 15.5. The second kappa shape index (κ2) is 11.1. The minimum atomic E-state index is 0.239. The van der Waals surface area contributed by atoms with E-state index >= 15 is 0 Å². The second-order valence-corrected chi connectivity index (χ2v) is 6.85. The van der Waals surface area contributed by atoms with Gasteiger partial charge in [-0.3, -0.25) is 4.79 Å². The molecule has 1 amide bonds. The molecule has 1 aliphatic heterocycles. The maximum Gasteiger partial charge on any atom is 0.226 e. The van der Waals surface area contributed by atoms with Gasteiger partial charge in [0.1, 0.15) is 0 Å². The molecule has 1 atom stereocenters. The Labute approximate surface area is 132 Å². The highest BCUT2D eigenvalue weighted by Crippen LogP contribution is 2.19. The molecule has 1 saturated heterocycles. The van der Waals surface area contributed by atoms with Crippen molar-refractivity contribution < 1.29 is 4.79 Å². The predicted octanol–water partition coefficient (Wildman–Crippen LogP) is 3.93. The summed E-state index contributed by atoms with van der Waals surface area (Å²) in [7, 11) is 3.75. The lowest BCUT2D eigenvalue weighted by atomic mass is 9.96. The summed E-state index contributed by atoms with van der Waals surface area (Å²) in [6.07, 6.45) is 13.3. The van der Waals surface area contributed by atoms with Crippen LogP contribution in [0.15, 0.2) is 0 Å². The Bertz CT molecular complexity index is 278. The van der Waals surface area contributed by atoms with Gasteiger partial charge in [0.15, 0.2) is 0 Å². The van der Waals surface area contributed by atoms with E-state index < -0.39 is 0 Å². The van der Waals surface area contributed by atoms with Gasteiger partial charge in [-0.05, 0) is 32.4 Å². The standard InChI is InChI=1S/C18H36N2O/c1-4-5-6-7-8-9-10-11-14-20-15-12-13-17(16-20)18(21)19(2)3/h17H,4-16H2,1-3H3/t17-/m1/s1. The van der Waals surface area contributed by atoms with E-state index in [1.165, 1.54) is 70.9 Å². The smallest absolute Gasteiger partial charge is 0.226 e. The highest BCUT2D eigenvalue weighted by Gasteiger charge is 2.26. The number of nitrogens with zero attached hydrogens (tertiary/aromatic N) is 2. The Balaban J connectivity index is 2.05. The fraction of sp³-hybridized carbons (Fsp3) is 0.944. The average Bonchev–Trinajstić information content (AvgIpc) is 2.49. The highest BCUT2D eigenvalue weighted by atomic mass is 16.2. The molecule has 0 bridgehead atoms. The second-order valence-electron chi connectivity index (χ2n) is 6.85. The molecule has 124 valence electrons. The molecule has 1 fully saturated rings. The lowest BCUT2D eigenvalue weighted by molar-refractivity contribution is -0.134. The van der Waals surface area contributed by atoms with Crippen molar-refractivity contribution in [2.45, 2.75) is 71.1 Å². The van der Waals surface area contributed by atoms with Gasteiger partial charge in [-0.25, -0.2) is 0 Å². The number of piperidine rings is 1. The number of carbonyl (C=O) groups excluding carboxylic acids is 1. The zero-order valence-electron chi connectivity index (χ0n) is 14.6. The van der Waals surface area contributed by atoms with Crippen LogP contribution in [0.2, 0.25) is 0 Å². The van der Waals surface area contributed by atoms with Gasteiger partial charge in [-0.2, -0.15) is 0 Å². The fourth-order valence-electron chi connectivity index (χ4n) is 3.29. The summed E-state index contributed by atoms with van der Waals surface area (Å²) < 4.78 is 0. The van der Waals surface area contributed by atoms with Crippen LogP contribution in [0.5, 0.6) is 0 Å². The molecule has 3 nitrogen and oxygen atoms in total. The first-order valence-corrected chi connectivity index (χ1v) is 9.08. The average molecular weight is 296 g/mol. The van der Waals surface area contributed by atoms with Crippen LogP contribution in [0, 0.1) is 5.92 Å². The van der Waals surface area contributed by atoms with Crippen molar-refractivity contribution in [1.82, 2.24) is 9.80 Å². The van der Waals surface area contributed by atoms with Crippen LogP contribution < -0.4 is 0 Å². The van der Waals surface area contributed by atoms with Crippen LogP contribution in [0.1, 0.15) is 71.1 Å². The van der Waals surface area contributed by atoms with Crippen molar-refractivity contribution in [3.63, 3.8) is 0 Å². The largest absolute Gasteiger partial charge is 0.349 e. The van der Waals surface area contributed by atoms with Crippen molar-refractivity contribution in [1.29, 1.82) is 0 Å². The number of hydrogen-bond donors (Lipinski definition) is 0. The molecule has 0 aliphatic carbocycles. The topological polar surface area (TPSA) is 23.6 Å². The minimum absolute atomic E-state index is 0.239. The Morgan fingerprint density at radius 3 is 2.29 bits per heavy atom. The Morgan fingerprint density at radius 1 is 1.05 bits per heavy atom. The van der Waals surface area contributed by atoms with Crippen molar-refractivity contribution >= 4 is 5.91 Å². The summed E-state index contributed by atoms with van der Waals surface area (Å²) in [5.74, 6) is 0.554. The quantitative estimate of drug-likeness (QED) is 0.570. The normalized spacial score (nSPS) is 19.7. The molecule has 0 spiro atoms. The molecule has 0 saturated carbocycles. The molecular weight excluding hydrogens is 260 g/mol. The molecule has 1 heterocycles. The molecule has 0 aromatic rings. The van der Waals surface area contributed by atoms with Crippen LogP contribution in [0.3, 0.4) is 0 Å². The monoisotopic (exact) mass is 296 g/mol. The number of unbranched alkanes of at least 4 members (excludes halogenated alkanes) is 7. The summed E-state index contributed by atoms with van der Waals surface area (Å²) in [6, 6.07) is 0. The maximum absolute atomic E-state index is 12.0. The number of amides is 1. The van der Waals surface area contributed by atoms with Crippen LogP contribution >= 0.6 is 0 Å². The summed E-state index contributed by atoms with van der Waals surface area (Å²) in [4.78, 5) is 16.3. The molecule has 1 aliphatic rings. The van der Waals surface area contributed by atoms with E-state index in [4.69, 9.17) is 0 Å². The van der Waals surface area contributed by atoms with Crippen molar-refractivity contribution in [3.8, 4) is 0 Å². The van der Waals surface area contributed by atoms with Crippen LogP contribution in [0.4, 0.5) is 0 Å². The van der Waals surface area contributed by atoms with Gasteiger partial charge in [0, 0.05) is 20.6 Å². The lowest BCUT2D eigenvalue weighted by Gasteiger charge is -2.33. The van der Waals surface area contributed by atoms with Gasteiger partial charge in [0.2, 0.25) is 5.91 Å². The summed E-state index contributed by atoms with van der Waals surface area (Å²) in [5.41, 5.74) is 0. The van der Waals surface area contributed by atoms with Crippen molar-refractivity contribution in [2.24, 2.45) is 5.92 Å². The van der Waals surface area contributed by atoms with Crippen molar-refractivity contribution in [2.75, 3.05) is 33.7 Å². The van der Waals surface area contributed by atoms with Gasteiger partial charge in [-0.15, -0.1) is 0 Å². The molecule has 0 radical (unpaired) electrons. The van der Waals surface area contributed by atoms with E-state index in [1.807, 2.05) is 14.1 Å². The van der Waals surface area contributed by atoms with E-state index in [0.29, 0.717) is 5.91 Å². The van der Waals surface area contributed by atoms with E-state index in [1.54, 1.807) is 4.90 Å². The van der Waals surface area contributed by atoms with Gasteiger partial charge < -0.3 is 9.80 Å². The Hall–Kier alpha value is -0.570. The SMILES string of the molecule is CCCCCCCCCCN1CCC[C@@H](C(=O)N(C)C)C1. The van der Waals surface area contributed by atoms with Gasteiger partial charge >= 0.3 is 0 Å². The molecule has 0 aromatic heterocycles. The summed E-state index contributed by atoms with van der Waals surface area (Å²) >= 11 is 0. The third-order valence-electron chi connectivity index (χ3n) is 4.62. The third-order valence-corrected chi connectivity index (χ3v) is 4.62. The third kappa shape index (κ3) is 7.85. The molecule has 21 heavy (non-hydrogen) atoms. The Kier molecular flexibility index (Phi) is 9.73. The van der Waals surface area contributed by atoms with E-state index in [0.717, 1.165) is 13.0 Å². The summed E-state index contributed by atoms with van der Waals surface area (Å²) in [6.45, 7) is 5.63. The predicted molar refractivity (Wildman–Crippen MR) is 90.5 cm³/mol. The minimum Gasteiger partial charge on any atom is -0.349 e. The molecule has 3 heteroatoms. The van der Waals surface area contributed by atoms with Crippen LogP contribution in [0.25, 0.3) is 0 Å². The maximum atomic E-state index is 12.0. The fourth-order valence-corrected chi connectivity index (χ4v) is 3.29. The number of hydrogen-bond acceptors (Lipinski definition) is 2. The molecule has 0 aromatic carbocycles.